The molecule has 17 heavy (non-hydrogen) atoms. The Hall–Kier alpha value is -1.87. The maximum atomic E-state index is 10.2. The van der Waals surface area contributed by atoms with Gasteiger partial charge in [0.1, 0.15) is 6.10 Å². The highest BCUT2D eigenvalue weighted by molar-refractivity contribution is 5.34. The number of benzene rings is 1. The lowest BCUT2D eigenvalue weighted by molar-refractivity contribution is 0.219. The molecule has 0 aliphatic rings. The number of aliphatic hydroxyl groups excluding tert-OH is 1. The highest BCUT2D eigenvalue weighted by Crippen LogP contribution is 2.24. The van der Waals surface area contributed by atoms with Crippen LogP contribution in [0.1, 0.15) is 22.8 Å². The number of aliphatic hydroxyl groups is 1. The maximum absolute atomic E-state index is 10.2. The minimum absolute atomic E-state index is 0.592. The van der Waals surface area contributed by atoms with Crippen LogP contribution in [0.4, 0.5) is 0 Å². The van der Waals surface area contributed by atoms with E-state index >= 15 is 0 Å². The second-order valence-corrected chi connectivity index (χ2v) is 3.91. The monoisotopic (exact) mass is 229 g/mol. The minimum atomic E-state index is -0.645. The van der Waals surface area contributed by atoms with Crippen LogP contribution in [-0.2, 0) is 0 Å². The van der Waals surface area contributed by atoms with E-state index in [0.29, 0.717) is 5.88 Å². The zero-order valence-electron chi connectivity index (χ0n) is 9.92. The first-order valence-corrected chi connectivity index (χ1v) is 5.46. The van der Waals surface area contributed by atoms with Crippen LogP contribution in [0.15, 0.2) is 42.6 Å². The molecule has 0 fully saturated rings. The Kier molecular flexibility index (Phi) is 3.40. The van der Waals surface area contributed by atoms with E-state index in [0.717, 1.165) is 16.7 Å². The van der Waals surface area contributed by atoms with Crippen molar-refractivity contribution in [2.75, 3.05) is 7.11 Å². The molecule has 0 spiro atoms. The number of aryl methyl sites for hydroxylation is 1. The third kappa shape index (κ3) is 2.45. The van der Waals surface area contributed by atoms with Crippen molar-refractivity contribution in [1.29, 1.82) is 0 Å². The molecule has 3 nitrogen and oxygen atoms in total. The van der Waals surface area contributed by atoms with Crippen molar-refractivity contribution in [1.82, 2.24) is 4.98 Å². The van der Waals surface area contributed by atoms with Gasteiger partial charge in [0.25, 0.3) is 0 Å². The summed E-state index contributed by atoms with van der Waals surface area (Å²) in [4.78, 5) is 4.16. The number of hydrogen-bond donors (Lipinski definition) is 1. The summed E-state index contributed by atoms with van der Waals surface area (Å²) in [6.45, 7) is 1.91. The van der Waals surface area contributed by atoms with Gasteiger partial charge in [-0.25, -0.2) is 4.98 Å². The number of nitrogens with zero attached hydrogens (tertiary/aromatic N) is 1. The van der Waals surface area contributed by atoms with E-state index in [1.807, 2.05) is 43.3 Å². The second kappa shape index (κ2) is 4.97. The van der Waals surface area contributed by atoms with Crippen molar-refractivity contribution < 1.29 is 9.84 Å². The van der Waals surface area contributed by atoms with E-state index in [2.05, 4.69) is 4.98 Å². The third-order valence-electron chi connectivity index (χ3n) is 2.68. The van der Waals surface area contributed by atoms with Crippen LogP contribution >= 0.6 is 0 Å². The van der Waals surface area contributed by atoms with E-state index < -0.39 is 6.10 Å². The smallest absolute Gasteiger partial charge is 0.215 e. The Morgan fingerprint density at radius 1 is 1.18 bits per heavy atom. The molecular weight excluding hydrogens is 214 g/mol. The van der Waals surface area contributed by atoms with Crippen molar-refractivity contribution in [3.05, 3.63) is 59.3 Å². The molecule has 0 aliphatic heterocycles. The van der Waals surface area contributed by atoms with E-state index in [1.54, 1.807) is 13.3 Å². The fourth-order valence-corrected chi connectivity index (χ4v) is 1.77. The lowest BCUT2D eigenvalue weighted by Gasteiger charge is -2.12. The number of hydrogen-bond acceptors (Lipinski definition) is 3. The van der Waals surface area contributed by atoms with Crippen LogP contribution in [0, 0.1) is 6.92 Å². The van der Waals surface area contributed by atoms with Crippen molar-refractivity contribution in [2.24, 2.45) is 0 Å². The van der Waals surface area contributed by atoms with E-state index in [9.17, 15) is 5.11 Å². The molecule has 1 atom stereocenters. The summed E-state index contributed by atoms with van der Waals surface area (Å²) in [5.41, 5.74) is 2.55. The summed E-state index contributed by atoms with van der Waals surface area (Å²) >= 11 is 0. The molecule has 1 heterocycles. The van der Waals surface area contributed by atoms with Gasteiger partial charge in [0.2, 0.25) is 5.88 Å². The standard InChI is InChI=1S/C14H15NO2/c1-10-8-12(9-15-14(10)17-2)13(16)11-6-4-3-5-7-11/h3-9,13,16H,1-2H3/t13-/m0/s1. The molecule has 2 rings (SSSR count). The Bertz CT molecular complexity index is 497. The summed E-state index contributed by atoms with van der Waals surface area (Å²) < 4.78 is 5.09. The molecule has 2 aromatic rings. The normalized spacial score (nSPS) is 12.2. The van der Waals surface area contributed by atoms with Crippen LogP contribution in [0.3, 0.4) is 0 Å². The molecule has 0 amide bonds. The molecule has 1 N–H and O–H groups in total. The van der Waals surface area contributed by atoms with Crippen LogP contribution < -0.4 is 4.74 Å². The lowest BCUT2D eigenvalue weighted by atomic mass is 10.0. The molecule has 1 aromatic heterocycles. The van der Waals surface area contributed by atoms with Crippen molar-refractivity contribution in [3.63, 3.8) is 0 Å². The van der Waals surface area contributed by atoms with Gasteiger partial charge in [0.15, 0.2) is 0 Å². The number of ether oxygens (including phenoxy) is 1. The summed E-state index contributed by atoms with van der Waals surface area (Å²) in [7, 11) is 1.59. The predicted molar refractivity (Wildman–Crippen MR) is 66.0 cm³/mol. The topological polar surface area (TPSA) is 42.4 Å². The lowest BCUT2D eigenvalue weighted by Crippen LogP contribution is -2.02. The highest BCUT2D eigenvalue weighted by atomic mass is 16.5. The fraction of sp³-hybridized carbons (Fsp3) is 0.214. The van der Waals surface area contributed by atoms with Crippen LogP contribution in [0.5, 0.6) is 5.88 Å². The van der Waals surface area contributed by atoms with Gasteiger partial charge in [-0.2, -0.15) is 0 Å². The van der Waals surface area contributed by atoms with Gasteiger partial charge < -0.3 is 9.84 Å². The molecule has 0 aliphatic carbocycles. The molecular formula is C14H15NO2. The van der Waals surface area contributed by atoms with Crippen LogP contribution in [0.2, 0.25) is 0 Å². The van der Waals surface area contributed by atoms with Gasteiger partial charge in [-0.3, -0.25) is 0 Å². The van der Waals surface area contributed by atoms with E-state index in [4.69, 9.17) is 4.74 Å². The first-order valence-electron chi connectivity index (χ1n) is 5.46. The van der Waals surface area contributed by atoms with Crippen LogP contribution in [-0.4, -0.2) is 17.2 Å². The predicted octanol–water partition coefficient (Wildman–Crippen LogP) is 2.48. The van der Waals surface area contributed by atoms with Gasteiger partial charge in [-0.05, 0) is 18.6 Å². The molecule has 3 heteroatoms. The van der Waals surface area contributed by atoms with Gasteiger partial charge in [0, 0.05) is 17.3 Å². The minimum Gasteiger partial charge on any atom is -0.481 e. The second-order valence-electron chi connectivity index (χ2n) is 3.91. The Morgan fingerprint density at radius 3 is 2.47 bits per heavy atom. The quantitative estimate of drug-likeness (QED) is 0.879. The number of aromatic nitrogens is 1. The van der Waals surface area contributed by atoms with Crippen LogP contribution in [0.25, 0.3) is 0 Å². The van der Waals surface area contributed by atoms with Crippen molar-refractivity contribution >= 4 is 0 Å². The summed E-state index contributed by atoms with van der Waals surface area (Å²) in [6.07, 6.45) is 0.997. The molecule has 0 saturated heterocycles. The average molecular weight is 229 g/mol. The van der Waals surface area contributed by atoms with Crippen molar-refractivity contribution in [3.8, 4) is 5.88 Å². The fourth-order valence-electron chi connectivity index (χ4n) is 1.77. The SMILES string of the molecule is COc1ncc([C@@H](O)c2ccccc2)cc1C. The van der Waals surface area contributed by atoms with E-state index in [1.165, 1.54) is 0 Å². The van der Waals surface area contributed by atoms with Gasteiger partial charge in [-0.1, -0.05) is 30.3 Å². The first-order chi connectivity index (χ1) is 8.22. The van der Waals surface area contributed by atoms with E-state index in [-0.39, 0.29) is 0 Å². The summed E-state index contributed by atoms with van der Waals surface area (Å²) in [5.74, 6) is 0.592. The summed E-state index contributed by atoms with van der Waals surface area (Å²) in [6, 6.07) is 11.4. The third-order valence-corrected chi connectivity index (χ3v) is 2.68. The first kappa shape index (κ1) is 11.6. The Morgan fingerprint density at radius 2 is 1.88 bits per heavy atom. The van der Waals surface area contributed by atoms with Gasteiger partial charge >= 0.3 is 0 Å². The maximum Gasteiger partial charge on any atom is 0.215 e. The molecule has 0 radical (unpaired) electrons. The highest BCUT2D eigenvalue weighted by Gasteiger charge is 2.12. The molecule has 0 saturated carbocycles. The zero-order chi connectivity index (χ0) is 12.3. The van der Waals surface area contributed by atoms with Gasteiger partial charge in [-0.15, -0.1) is 0 Å². The molecule has 0 unspecified atom stereocenters. The number of methoxy groups -OCH3 is 1. The Labute approximate surface area is 101 Å². The number of rotatable bonds is 3. The zero-order valence-corrected chi connectivity index (χ0v) is 9.92. The molecule has 0 bridgehead atoms. The largest absolute Gasteiger partial charge is 0.481 e. The molecule has 88 valence electrons. The van der Waals surface area contributed by atoms with Gasteiger partial charge in [0.05, 0.1) is 7.11 Å². The molecule has 1 aromatic carbocycles. The Balaban J connectivity index is 2.32. The summed E-state index contributed by atoms with van der Waals surface area (Å²) in [5, 5.41) is 10.2. The number of pyridine rings is 1. The average Bonchev–Trinajstić information content (AvgIpc) is 2.39. The van der Waals surface area contributed by atoms with Crippen molar-refractivity contribution in [2.45, 2.75) is 13.0 Å².